The average molecular weight is 706 g/mol. The third kappa shape index (κ3) is 5.15. The molecule has 4 aliphatic rings. The fraction of sp³-hybridized carbons (Fsp3) is 0.432. The molecule has 4 fully saturated rings. The molecule has 0 aliphatic carbocycles. The number of anilines is 1. The number of aromatic hydroxyl groups is 1. The molecule has 4 aliphatic heterocycles. The lowest BCUT2D eigenvalue weighted by Gasteiger charge is -2.41. The van der Waals surface area contributed by atoms with Gasteiger partial charge in [0, 0.05) is 37.0 Å². The molecule has 0 radical (unpaired) electrons. The zero-order chi connectivity index (χ0) is 35.8. The van der Waals surface area contributed by atoms with E-state index in [1.54, 1.807) is 4.90 Å². The Morgan fingerprint density at radius 3 is 2.55 bits per heavy atom. The topological polar surface area (TPSA) is 100 Å². The molecular weight excluding hydrogens is 670 g/mol. The van der Waals surface area contributed by atoms with Crippen molar-refractivity contribution in [2.45, 2.75) is 55.9 Å². The van der Waals surface area contributed by atoms with Crippen molar-refractivity contribution in [3.8, 4) is 41.0 Å². The summed E-state index contributed by atoms with van der Waals surface area (Å²) in [4.78, 5) is 27.4. The zero-order valence-electron chi connectivity index (χ0n) is 28.0. The Morgan fingerprint density at radius 1 is 1.08 bits per heavy atom. The number of piperazine rings is 1. The van der Waals surface area contributed by atoms with E-state index in [4.69, 9.17) is 25.6 Å². The second-order valence-corrected chi connectivity index (χ2v) is 13.8. The van der Waals surface area contributed by atoms with Crippen molar-refractivity contribution in [1.82, 2.24) is 19.8 Å². The highest BCUT2D eigenvalue weighted by Gasteiger charge is 2.50. The summed E-state index contributed by atoms with van der Waals surface area (Å²) in [5.41, 5.74) is -2.01. The number of phenolic OH excluding ortho intramolecular Hbond substituents is 1. The van der Waals surface area contributed by atoms with E-state index in [-0.39, 0.29) is 88.6 Å². The number of carbonyl (C=O) groups is 1. The van der Waals surface area contributed by atoms with Crippen molar-refractivity contribution < 1.29 is 41.7 Å². The summed E-state index contributed by atoms with van der Waals surface area (Å²) in [6, 6.07) is 4.18. The maximum absolute atomic E-state index is 17.2. The molecule has 2 bridgehead atoms. The lowest BCUT2D eigenvalue weighted by molar-refractivity contribution is 0.0960. The molecule has 14 heteroatoms. The van der Waals surface area contributed by atoms with Crippen LogP contribution in [0.5, 0.6) is 17.5 Å². The first-order valence-corrected chi connectivity index (χ1v) is 16.9. The minimum Gasteiger partial charge on any atom is -0.508 e. The van der Waals surface area contributed by atoms with Crippen LogP contribution in [0.15, 0.2) is 24.3 Å². The predicted octanol–water partition coefficient (Wildman–Crippen LogP) is 5.94. The monoisotopic (exact) mass is 705 g/mol. The standard InChI is InChI=1S/C37H35F4N5O5/c1-4-24-26(39)9-6-19-12-23(47)13-25(27(19)24)28-30(40)32-29(33(49-2)31(28)41)34(44-16-21-7-8-22(17-44)46(21)36(48)50-3)43-35(42-32)51-18-37-10-5-11-45(37)15-20(38)14-37/h1,6,9,12-13,20-22,47H,5,7-8,10-11,14-18H2,2-3H3/t20-,21?,22?,37+/m1/s1. The van der Waals surface area contributed by atoms with Gasteiger partial charge in [0.2, 0.25) is 0 Å². The van der Waals surface area contributed by atoms with Crippen LogP contribution in [0, 0.1) is 29.8 Å². The quantitative estimate of drug-likeness (QED) is 0.193. The van der Waals surface area contributed by atoms with E-state index in [0.29, 0.717) is 25.8 Å². The molecule has 1 amide bonds. The molecule has 1 N–H and O–H groups in total. The molecule has 4 atom stereocenters. The van der Waals surface area contributed by atoms with E-state index in [1.807, 2.05) is 4.90 Å². The summed E-state index contributed by atoms with van der Waals surface area (Å²) in [6.45, 7) is 1.62. The van der Waals surface area contributed by atoms with Gasteiger partial charge < -0.3 is 24.2 Å². The zero-order valence-corrected chi connectivity index (χ0v) is 28.0. The molecule has 51 heavy (non-hydrogen) atoms. The average Bonchev–Trinajstić information content (AvgIpc) is 3.73. The molecule has 4 saturated heterocycles. The number of benzene rings is 3. The van der Waals surface area contributed by atoms with E-state index in [9.17, 15) is 14.3 Å². The number of amides is 1. The number of carbonyl (C=O) groups excluding carboxylic acids is 1. The van der Waals surface area contributed by atoms with Gasteiger partial charge in [-0.2, -0.15) is 9.97 Å². The van der Waals surface area contributed by atoms with Crippen LogP contribution in [0.4, 0.5) is 28.2 Å². The summed E-state index contributed by atoms with van der Waals surface area (Å²) in [5, 5.41) is 10.8. The van der Waals surface area contributed by atoms with Gasteiger partial charge in [0.25, 0.3) is 0 Å². The Kier molecular flexibility index (Phi) is 8.01. The number of aromatic nitrogens is 2. The van der Waals surface area contributed by atoms with Crippen LogP contribution in [-0.4, -0.2) is 102 Å². The number of alkyl halides is 1. The van der Waals surface area contributed by atoms with Gasteiger partial charge >= 0.3 is 12.1 Å². The van der Waals surface area contributed by atoms with Gasteiger partial charge in [-0.3, -0.25) is 9.80 Å². The van der Waals surface area contributed by atoms with Crippen LogP contribution in [0.1, 0.15) is 37.7 Å². The maximum Gasteiger partial charge on any atom is 0.410 e. The second-order valence-electron chi connectivity index (χ2n) is 13.8. The second kappa shape index (κ2) is 12.3. The van der Waals surface area contributed by atoms with Crippen molar-refractivity contribution in [3.05, 3.63) is 47.3 Å². The SMILES string of the molecule is C#Cc1c(F)ccc2cc(O)cc(-c3c(F)c(OC)c4c(N5CC6CCC(C5)N6C(=O)OC)nc(OC[C@@]56CCCN5C[C@H](F)C6)nc4c3F)c12. The van der Waals surface area contributed by atoms with Gasteiger partial charge in [0.05, 0.1) is 48.4 Å². The van der Waals surface area contributed by atoms with Crippen molar-refractivity contribution in [1.29, 1.82) is 0 Å². The Labute approximate surface area is 290 Å². The van der Waals surface area contributed by atoms with E-state index < -0.39 is 46.6 Å². The first-order chi connectivity index (χ1) is 24.6. The molecule has 4 aromatic rings. The number of halogens is 4. The maximum atomic E-state index is 17.2. The lowest BCUT2D eigenvalue weighted by atomic mass is 9.92. The number of ether oxygens (including phenoxy) is 3. The number of hydrogen-bond acceptors (Lipinski definition) is 9. The van der Waals surface area contributed by atoms with Crippen molar-refractivity contribution in [2.24, 2.45) is 0 Å². The van der Waals surface area contributed by atoms with Crippen LogP contribution in [0.2, 0.25) is 0 Å². The molecule has 5 heterocycles. The summed E-state index contributed by atoms with van der Waals surface area (Å²) < 4.78 is 80.6. The number of rotatable bonds is 6. The van der Waals surface area contributed by atoms with Crippen LogP contribution in [0.25, 0.3) is 32.8 Å². The number of nitrogens with zero attached hydrogens (tertiary/aromatic N) is 5. The molecule has 8 rings (SSSR count). The molecule has 3 aromatic carbocycles. The van der Waals surface area contributed by atoms with Gasteiger partial charge in [0.15, 0.2) is 17.4 Å². The van der Waals surface area contributed by atoms with Crippen LogP contribution < -0.4 is 14.4 Å². The third-order valence-corrected chi connectivity index (χ3v) is 11.0. The fourth-order valence-corrected chi connectivity index (χ4v) is 8.85. The highest BCUT2D eigenvalue weighted by molar-refractivity contribution is 6.06. The largest absolute Gasteiger partial charge is 0.508 e. The summed E-state index contributed by atoms with van der Waals surface area (Å²) >= 11 is 0. The van der Waals surface area contributed by atoms with Crippen molar-refractivity contribution >= 4 is 33.6 Å². The van der Waals surface area contributed by atoms with Gasteiger partial charge in [-0.15, -0.1) is 6.42 Å². The highest BCUT2D eigenvalue weighted by atomic mass is 19.1. The number of methoxy groups -OCH3 is 2. The van der Waals surface area contributed by atoms with E-state index in [0.717, 1.165) is 25.1 Å². The summed E-state index contributed by atoms with van der Waals surface area (Å²) in [6.07, 6.45) is 7.45. The van der Waals surface area contributed by atoms with E-state index in [1.165, 1.54) is 26.4 Å². The van der Waals surface area contributed by atoms with Gasteiger partial charge in [-0.25, -0.2) is 22.4 Å². The molecule has 1 aromatic heterocycles. The summed E-state index contributed by atoms with van der Waals surface area (Å²) in [5.74, 6) is -1.39. The minimum atomic E-state index is -1.14. The van der Waals surface area contributed by atoms with Crippen molar-refractivity contribution in [3.63, 3.8) is 0 Å². The normalized spacial score (nSPS) is 24.3. The highest BCUT2D eigenvalue weighted by Crippen LogP contribution is 2.47. The van der Waals surface area contributed by atoms with E-state index in [2.05, 4.69) is 15.8 Å². The molecule has 2 unspecified atom stereocenters. The Hall–Kier alpha value is -5.03. The fourth-order valence-electron chi connectivity index (χ4n) is 8.85. The van der Waals surface area contributed by atoms with Gasteiger partial charge in [-0.05, 0) is 55.8 Å². The van der Waals surface area contributed by atoms with Crippen LogP contribution in [0.3, 0.4) is 0 Å². The van der Waals surface area contributed by atoms with Crippen LogP contribution in [-0.2, 0) is 4.74 Å². The van der Waals surface area contributed by atoms with Crippen LogP contribution >= 0.6 is 0 Å². The van der Waals surface area contributed by atoms with Crippen molar-refractivity contribution in [2.75, 3.05) is 51.9 Å². The molecule has 10 nitrogen and oxygen atoms in total. The smallest absolute Gasteiger partial charge is 0.410 e. The predicted molar refractivity (Wildman–Crippen MR) is 180 cm³/mol. The minimum absolute atomic E-state index is 0.0122. The Balaban J connectivity index is 1.33. The summed E-state index contributed by atoms with van der Waals surface area (Å²) in [7, 11) is 2.54. The van der Waals surface area contributed by atoms with Gasteiger partial charge in [-0.1, -0.05) is 12.0 Å². The molecule has 0 saturated carbocycles. The first-order valence-electron chi connectivity index (χ1n) is 16.9. The number of fused-ring (bicyclic) bond motifs is 5. The molecule has 0 spiro atoms. The Morgan fingerprint density at radius 2 is 1.84 bits per heavy atom. The third-order valence-electron chi connectivity index (χ3n) is 11.0. The van der Waals surface area contributed by atoms with Gasteiger partial charge in [0.1, 0.15) is 35.7 Å². The number of terminal acetylenes is 1. The number of phenols is 1. The molecule has 266 valence electrons. The lowest BCUT2D eigenvalue weighted by Crippen LogP contribution is -2.56. The Bertz CT molecular complexity index is 2130. The van der Waals surface area contributed by atoms with E-state index >= 15 is 13.2 Å². The number of hydrogen-bond donors (Lipinski definition) is 1. The first kappa shape index (κ1) is 33.1. The molecular formula is C37H35F4N5O5.